The molecule has 0 aromatic rings. The molecule has 0 aromatic carbocycles. The van der Waals surface area contributed by atoms with Crippen LogP contribution >= 0.6 is 0 Å². The number of nitrogens with zero attached hydrogens (tertiary/aromatic N) is 1. The number of likely N-dealkylation sites (tertiary alicyclic amines) is 1. The van der Waals surface area contributed by atoms with Gasteiger partial charge in [0.1, 0.15) is 5.78 Å². The lowest BCUT2D eigenvalue weighted by Crippen LogP contribution is -2.31. The Hall–Kier alpha value is -0.410. The summed E-state index contributed by atoms with van der Waals surface area (Å²) >= 11 is 0. The predicted molar refractivity (Wildman–Crippen MR) is 51.5 cm³/mol. The SMILES string of the molecule is CCC(C)C(=O)CN1CCC(O)C1. The lowest BCUT2D eigenvalue weighted by Gasteiger charge is -2.16. The van der Waals surface area contributed by atoms with Gasteiger partial charge in [-0.3, -0.25) is 9.69 Å². The van der Waals surface area contributed by atoms with Crippen LogP contribution in [0.15, 0.2) is 0 Å². The lowest BCUT2D eigenvalue weighted by molar-refractivity contribution is -0.123. The van der Waals surface area contributed by atoms with Crippen molar-refractivity contribution in [3.8, 4) is 0 Å². The Labute approximate surface area is 79.7 Å². The maximum absolute atomic E-state index is 11.5. The van der Waals surface area contributed by atoms with E-state index in [-0.39, 0.29) is 12.0 Å². The molecule has 2 atom stereocenters. The van der Waals surface area contributed by atoms with E-state index >= 15 is 0 Å². The zero-order chi connectivity index (χ0) is 9.84. The summed E-state index contributed by atoms with van der Waals surface area (Å²) in [6.07, 6.45) is 1.51. The van der Waals surface area contributed by atoms with Crippen LogP contribution in [0.4, 0.5) is 0 Å². The van der Waals surface area contributed by atoms with Gasteiger partial charge in [-0.1, -0.05) is 13.8 Å². The molecule has 0 bridgehead atoms. The first-order chi connectivity index (χ1) is 6.13. The van der Waals surface area contributed by atoms with Crippen molar-refractivity contribution in [2.24, 2.45) is 5.92 Å². The summed E-state index contributed by atoms with van der Waals surface area (Å²) in [5.74, 6) is 0.467. The Morgan fingerprint density at radius 1 is 1.69 bits per heavy atom. The Balaban J connectivity index is 2.28. The summed E-state index contributed by atoms with van der Waals surface area (Å²) < 4.78 is 0. The largest absolute Gasteiger partial charge is 0.392 e. The van der Waals surface area contributed by atoms with Gasteiger partial charge in [0.05, 0.1) is 12.6 Å². The molecule has 1 aliphatic rings. The number of carbonyl (C=O) groups is 1. The highest BCUT2D eigenvalue weighted by Crippen LogP contribution is 2.10. The molecule has 3 heteroatoms. The fraction of sp³-hybridized carbons (Fsp3) is 0.900. The van der Waals surface area contributed by atoms with Crippen molar-refractivity contribution >= 4 is 5.78 Å². The molecule has 0 radical (unpaired) electrons. The van der Waals surface area contributed by atoms with Crippen LogP contribution in [0, 0.1) is 5.92 Å². The summed E-state index contributed by atoms with van der Waals surface area (Å²) in [5.41, 5.74) is 0. The van der Waals surface area contributed by atoms with Crippen LogP contribution in [0.2, 0.25) is 0 Å². The van der Waals surface area contributed by atoms with Gasteiger partial charge in [0.2, 0.25) is 0 Å². The smallest absolute Gasteiger partial charge is 0.149 e. The molecule has 1 heterocycles. The van der Waals surface area contributed by atoms with Crippen molar-refractivity contribution in [2.45, 2.75) is 32.8 Å². The molecule has 0 saturated carbocycles. The zero-order valence-corrected chi connectivity index (χ0v) is 8.49. The van der Waals surface area contributed by atoms with Crippen LogP contribution < -0.4 is 0 Å². The summed E-state index contributed by atoms with van der Waals surface area (Å²) in [6.45, 7) is 6.05. The van der Waals surface area contributed by atoms with Gasteiger partial charge in [-0.2, -0.15) is 0 Å². The standard InChI is InChI=1S/C10H19NO2/c1-3-8(2)10(13)7-11-5-4-9(12)6-11/h8-9,12H,3-7H2,1-2H3. The molecule has 13 heavy (non-hydrogen) atoms. The van der Waals surface area contributed by atoms with E-state index in [9.17, 15) is 9.90 Å². The molecule has 1 aliphatic heterocycles. The van der Waals surface area contributed by atoms with Gasteiger partial charge in [0.25, 0.3) is 0 Å². The maximum Gasteiger partial charge on any atom is 0.149 e. The molecule has 0 aromatic heterocycles. The normalized spacial score (nSPS) is 26.2. The first-order valence-corrected chi connectivity index (χ1v) is 5.06. The number of ketones is 1. The third kappa shape index (κ3) is 3.08. The minimum absolute atomic E-state index is 0.165. The molecular formula is C10H19NO2. The highest BCUT2D eigenvalue weighted by molar-refractivity contribution is 5.82. The monoisotopic (exact) mass is 185 g/mol. The van der Waals surface area contributed by atoms with Crippen molar-refractivity contribution in [1.29, 1.82) is 0 Å². The van der Waals surface area contributed by atoms with E-state index in [4.69, 9.17) is 0 Å². The van der Waals surface area contributed by atoms with Crippen molar-refractivity contribution in [3.05, 3.63) is 0 Å². The van der Waals surface area contributed by atoms with Crippen LogP contribution in [0.1, 0.15) is 26.7 Å². The average molecular weight is 185 g/mol. The molecule has 1 rings (SSSR count). The lowest BCUT2D eigenvalue weighted by atomic mass is 10.0. The van der Waals surface area contributed by atoms with Crippen molar-refractivity contribution in [1.82, 2.24) is 4.90 Å². The van der Waals surface area contributed by atoms with Crippen LogP contribution in [0.3, 0.4) is 0 Å². The van der Waals surface area contributed by atoms with Crippen molar-refractivity contribution in [3.63, 3.8) is 0 Å². The summed E-state index contributed by atoms with van der Waals surface area (Å²) in [7, 11) is 0. The minimum Gasteiger partial charge on any atom is -0.392 e. The number of hydrogen-bond acceptors (Lipinski definition) is 3. The second-order valence-corrected chi connectivity index (χ2v) is 3.95. The second kappa shape index (κ2) is 4.72. The molecule has 2 unspecified atom stereocenters. The van der Waals surface area contributed by atoms with Gasteiger partial charge in [-0.05, 0) is 12.8 Å². The first-order valence-electron chi connectivity index (χ1n) is 5.06. The Morgan fingerprint density at radius 2 is 2.38 bits per heavy atom. The number of hydrogen-bond donors (Lipinski definition) is 1. The predicted octanol–water partition coefficient (Wildman–Crippen LogP) is 0.668. The van der Waals surface area contributed by atoms with Gasteiger partial charge in [-0.25, -0.2) is 0 Å². The van der Waals surface area contributed by atoms with E-state index in [2.05, 4.69) is 0 Å². The van der Waals surface area contributed by atoms with Crippen LogP contribution in [0.5, 0.6) is 0 Å². The number of Topliss-reactive ketones (excluding diaryl/α,β-unsaturated/α-hetero) is 1. The molecule has 0 amide bonds. The van der Waals surface area contributed by atoms with E-state index in [1.54, 1.807) is 0 Å². The van der Waals surface area contributed by atoms with Gasteiger partial charge >= 0.3 is 0 Å². The van der Waals surface area contributed by atoms with E-state index < -0.39 is 0 Å². The quantitative estimate of drug-likeness (QED) is 0.699. The van der Waals surface area contributed by atoms with Gasteiger partial charge in [-0.15, -0.1) is 0 Å². The van der Waals surface area contributed by atoms with E-state index in [1.165, 1.54) is 0 Å². The molecule has 1 N–H and O–H groups in total. The van der Waals surface area contributed by atoms with Gasteiger partial charge < -0.3 is 5.11 Å². The highest BCUT2D eigenvalue weighted by Gasteiger charge is 2.23. The minimum atomic E-state index is -0.218. The zero-order valence-electron chi connectivity index (χ0n) is 8.49. The highest BCUT2D eigenvalue weighted by atomic mass is 16.3. The summed E-state index contributed by atoms with van der Waals surface area (Å²) in [6, 6.07) is 0. The van der Waals surface area contributed by atoms with Gasteiger partial charge in [0, 0.05) is 19.0 Å². The number of aliphatic hydroxyl groups is 1. The molecule has 76 valence electrons. The van der Waals surface area contributed by atoms with Crippen LogP contribution in [0.25, 0.3) is 0 Å². The fourth-order valence-corrected chi connectivity index (χ4v) is 1.56. The number of aliphatic hydroxyl groups excluding tert-OH is 1. The van der Waals surface area contributed by atoms with Crippen molar-refractivity contribution < 1.29 is 9.90 Å². The summed E-state index contributed by atoms with van der Waals surface area (Å²) in [4.78, 5) is 13.6. The van der Waals surface area contributed by atoms with E-state index in [0.717, 1.165) is 19.4 Å². The molecule has 1 fully saturated rings. The van der Waals surface area contributed by atoms with E-state index in [0.29, 0.717) is 18.9 Å². The van der Waals surface area contributed by atoms with Crippen LogP contribution in [-0.2, 0) is 4.79 Å². The third-order valence-corrected chi connectivity index (χ3v) is 2.79. The molecule has 0 spiro atoms. The first kappa shape index (κ1) is 10.7. The Bertz CT molecular complexity index is 182. The average Bonchev–Trinajstić information content (AvgIpc) is 2.49. The van der Waals surface area contributed by atoms with Gasteiger partial charge in [0.15, 0.2) is 0 Å². The summed E-state index contributed by atoms with van der Waals surface area (Å²) in [5, 5.41) is 9.26. The maximum atomic E-state index is 11.5. The molecule has 3 nitrogen and oxygen atoms in total. The molecular weight excluding hydrogens is 166 g/mol. The molecule has 1 saturated heterocycles. The third-order valence-electron chi connectivity index (χ3n) is 2.79. The Morgan fingerprint density at radius 3 is 2.85 bits per heavy atom. The molecule has 0 aliphatic carbocycles. The topological polar surface area (TPSA) is 40.5 Å². The van der Waals surface area contributed by atoms with Crippen LogP contribution in [-0.4, -0.2) is 41.5 Å². The fourth-order valence-electron chi connectivity index (χ4n) is 1.56. The number of carbonyl (C=O) groups excluding carboxylic acids is 1. The Kier molecular flexibility index (Phi) is 3.88. The van der Waals surface area contributed by atoms with E-state index in [1.807, 2.05) is 18.7 Å². The van der Waals surface area contributed by atoms with Crippen molar-refractivity contribution in [2.75, 3.05) is 19.6 Å². The number of β-amino-alcohol motifs (C(OH)–C–C–N with tert-alkyl or cyclic N) is 1. The second-order valence-electron chi connectivity index (χ2n) is 3.95. The number of rotatable bonds is 4.